The van der Waals surface area contributed by atoms with Crippen LogP contribution in [-0.2, 0) is 6.42 Å². The lowest BCUT2D eigenvalue weighted by atomic mass is 9.91. The summed E-state index contributed by atoms with van der Waals surface area (Å²) in [6.45, 7) is 2.17. The molecule has 0 saturated carbocycles. The minimum absolute atomic E-state index is 1.02. The standard InChI is InChI=1S/C20H15Br/c1-13-12-15-8-5-10-17(15)19(20(13)21)18-11-4-7-14-6-2-3-9-16(14)18/h2-9,11-12H,10H2,1H3. The van der Waals surface area contributed by atoms with Crippen LogP contribution in [0.4, 0.5) is 0 Å². The van der Waals surface area contributed by atoms with Gasteiger partial charge in [0.1, 0.15) is 0 Å². The van der Waals surface area contributed by atoms with E-state index in [1.807, 2.05) is 0 Å². The lowest BCUT2D eigenvalue weighted by Gasteiger charge is -2.16. The molecule has 3 aromatic rings. The first kappa shape index (κ1) is 12.8. The smallest absolute Gasteiger partial charge is 0.0286 e. The van der Waals surface area contributed by atoms with Crippen LogP contribution in [0.3, 0.4) is 0 Å². The largest absolute Gasteiger partial charge is 0.0795 e. The number of halogens is 1. The van der Waals surface area contributed by atoms with Crippen molar-refractivity contribution in [1.82, 2.24) is 0 Å². The lowest BCUT2D eigenvalue weighted by Crippen LogP contribution is -1.94. The number of aryl methyl sites for hydroxylation is 1. The van der Waals surface area contributed by atoms with Gasteiger partial charge in [-0.25, -0.2) is 0 Å². The fourth-order valence-electron chi connectivity index (χ4n) is 3.25. The number of hydrogen-bond donors (Lipinski definition) is 0. The Bertz CT molecular complexity index is 882. The van der Waals surface area contributed by atoms with Crippen molar-refractivity contribution in [2.75, 3.05) is 0 Å². The first-order valence-corrected chi connectivity index (χ1v) is 8.01. The molecule has 1 aliphatic rings. The van der Waals surface area contributed by atoms with Crippen LogP contribution < -0.4 is 0 Å². The van der Waals surface area contributed by atoms with Gasteiger partial charge in [0.05, 0.1) is 0 Å². The highest BCUT2D eigenvalue weighted by molar-refractivity contribution is 9.10. The molecule has 0 bridgehead atoms. The summed E-state index contributed by atoms with van der Waals surface area (Å²) in [7, 11) is 0. The minimum atomic E-state index is 1.02. The van der Waals surface area contributed by atoms with Crippen molar-refractivity contribution in [1.29, 1.82) is 0 Å². The van der Waals surface area contributed by atoms with E-state index in [0.29, 0.717) is 0 Å². The molecule has 0 aliphatic heterocycles. The molecule has 1 aliphatic carbocycles. The fourth-order valence-corrected chi connectivity index (χ4v) is 3.82. The number of fused-ring (bicyclic) bond motifs is 2. The molecule has 0 amide bonds. The molecule has 0 nitrogen and oxygen atoms in total. The summed E-state index contributed by atoms with van der Waals surface area (Å²) in [6, 6.07) is 17.5. The average Bonchev–Trinajstić information content (AvgIpc) is 2.96. The van der Waals surface area contributed by atoms with Gasteiger partial charge in [0.25, 0.3) is 0 Å². The summed E-state index contributed by atoms with van der Waals surface area (Å²) in [5.41, 5.74) is 6.76. The topological polar surface area (TPSA) is 0 Å². The van der Waals surface area contributed by atoms with Gasteiger partial charge in [0.2, 0.25) is 0 Å². The molecule has 0 fully saturated rings. The molecule has 0 saturated heterocycles. The quantitative estimate of drug-likeness (QED) is 0.500. The third-order valence-electron chi connectivity index (χ3n) is 4.27. The second-order valence-corrected chi connectivity index (χ2v) is 6.38. The maximum absolute atomic E-state index is 3.83. The van der Waals surface area contributed by atoms with Crippen molar-refractivity contribution in [3.8, 4) is 11.1 Å². The summed E-state index contributed by atoms with van der Waals surface area (Å²) in [5.74, 6) is 0. The van der Waals surface area contributed by atoms with Crippen molar-refractivity contribution in [3.63, 3.8) is 0 Å². The van der Waals surface area contributed by atoms with Crippen LogP contribution in [-0.4, -0.2) is 0 Å². The number of allylic oxidation sites excluding steroid dienone is 1. The summed E-state index contributed by atoms with van der Waals surface area (Å²) in [4.78, 5) is 0. The van der Waals surface area contributed by atoms with Gasteiger partial charge in [-0.2, -0.15) is 0 Å². The Morgan fingerprint density at radius 2 is 1.81 bits per heavy atom. The second kappa shape index (κ2) is 4.85. The van der Waals surface area contributed by atoms with Crippen LogP contribution in [0.1, 0.15) is 16.7 Å². The normalized spacial score (nSPS) is 12.9. The van der Waals surface area contributed by atoms with E-state index in [2.05, 4.69) is 83.5 Å². The monoisotopic (exact) mass is 334 g/mol. The Labute approximate surface area is 133 Å². The van der Waals surface area contributed by atoms with E-state index in [9.17, 15) is 0 Å². The fraction of sp³-hybridized carbons (Fsp3) is 0.100. The van der Waals surface area contributed by atoms with Crippen molar-refractivity contribution in [3.05, 3.63) is 75.8 Å². The zero-order valence-electron chi connectivity index (χ0n) is 11.9. The predicted octanol–water partition coefficient (Wildman–Crippen LogP) is 6.15. The average molecular weight is 335 g/mol. The molecule has 0 atom stereocenters. The van der Waals surface area contributed by atoms with Crippen molar-refractivity contribution < 1.29 is 0 Å². The third-order valence-corrected chi connectivity index (χ3v) is 5.29. The Morgan fingerprint density at radius 1 is 1.00 bits per heavy atom. The summed E-state index contributed by atoms with van der Waals surface area (Å²) >= 11 is 3.83. The van der Waals surface area contributed by atoms with Crippen molar-refractivity contribution >= 4 is 32.8 Å². The molecular weight excluding hydrogens is 320 g/mol. The Balaban J connectivity index is 2.11. The first-order chi connectivity index (χ1) is 10.3. The van der Waals surface area contributed by atoms with Gasteiger partial charge >= 0.3 is 0 Å². The maximum Gasteiger partial charge on any atom is 0.0286 e. The van der Waals surface area contributed by atoms with Gasteiger partial charge in [-0.3, -0.25) is 0 Å². The van der Waals surface area contributed by atoms with E-state index in [-0.39, 0.29) is 0 Å². The van der Waals surface area contributed by atoms with Gasteiger partial charge in [-0.1, -0.05) is 60.7 Å². The Hall–Kier alpha value is -1.86. The minimum Gasteiger partial charge on any atom is -0.0795 e. The second-order valence-electron chi connectivity index (χ2n) is 5.58. The maximum atomic E-state index is 3.83. The molecule has 4 rings (SSSR count). The van der Waals surface area contributed by atoms with E-state index in [4.69, 9.17) is 0 Å². The SMILES string of the molecule is Cc1cc2c(c(-c3cccc4ccccc34)c1Br)CC=C2. The zero-order valence-corrected chi connectivity index (χ0v) is 13.4. The van der Waals surface area contributed by atoms with Crippen LogP contribution in [0.15, 0.2) is 59.1 Å². The molecular formula is C20H15Br. The number of rotatable bonds is 1. The highest BCUT2D eigenvalue weighted by atomic mass is 79.9. The summed E-state index contributed by atoms with van der Waals surface area (Å²) in [5, 5.41) is 2.61. The van der Waals surface area contributed by atoms with E-state index in [0.717, 1.165) is 6.42 Å². The lowest BCUT2D eigenvalue weighted by molar-refractivity contribution is 1.28. The van der Waals surface area contributed by atoms with Crippen LogP contribution in [0.2, 0.25) is 0 Å². The van der Waals surface area contributed by atoms with Crippen molar-refractivity contribution in [2.45, 2.75) is 13.3 Å². The molecule has 0 N–H and O–H groups in total. The highest BCUT2D eigenvalue weighted by Crippen LogP contribution is 2.41. The number of hydrogen-bond acceptors (Lipinski definition) is 0. The van der Waals surface area contributed by atoms with Crippen LogP contribution >= 0.6 is 15.9 Å². The van der Waals surface area contributed by atoms with Gasteiger partial charge in [-0.15, -0.1) is 0 Å². The van der Waals surface area contributed by atoms with Crippen molar-refractivity contribution in [2.24, 2.45) is 0 Å². The summed E-state index contributed by atoms with van der Waals surface area (Å²) in [6.07, 6.45) is 5.52. The third kappa shape index (κ3) is 1.96. The van der Waals surface area contributed by atoms with Gasteiger partial charge < -0.3 is 0 Å². The molecule has 21 heavy (non-hydrogen) atoms. The van der Waals surface area contributed by atoms with E-state index < -0.39 is 0 Å². The van der Waals surface area contributed by atoms with E-state index in [1.165, 1.54) is 43.1 Å². The highest BCUT2D eigenvalue weighted by Gasteiger charge is 2.18. The van der Waals surface area contributed by atoms with Crippen LogP contribution in [0.25, 0.3) is 28.0 Å². The Morgan fingerprint density at radius 3 is 2.71 bits per heavy atom. The van der Waals surface area contributed by atoms with E-state index >= 15 is 0 Å². The first-order valence-electron chi connectivity index (χ1n) is 7.22. The molecule has 102 valence electrons. The Kier molecular flexibility index (Phi) is 2.97. The molecule has 0 radical (unpaired) electrons. The molecule has 0 spiro atoms. The van der Waals surface area contributed by atoms with Crippen LogP contribution in [0.5, 0.6) is 0 Å². The molecule has 0 heterocycles. The molecule has 0 unspecified atom stereocenters. The van der Waals surface area contributed by atoms with E-state index in [1.54, 1.807) is 0 Å². The molecule has 1 heteroatoms. The molecule has 0 aromatic heterocycles. The van der Waals surface area contributed by atoms with Gasteiger partial charge in [0, 0.05) is 10.0 Å². The number of benzene rings is 3. The van der Waals surface area contributed by atoms with Crippen LogP contribution in [0, 0.1) is 6.92 Å². The summed E-state index contributed by atoms with van der Waals surface area (Å²) < 4.78 is 1.22. The van der Waals surface area contributed by atoms with Gasteiger partial charge in [0.15, 0.2) is 0 Å². The molecule has 3 aromatic carbocycles. The predicted molar refractivity (Wildman–Crippen MR) is 94.6 cm³/mol. The zero-order chi connectivity index (χ0) is 14.4. The van der Waals surface area contributed by atoms with Gasteiger partial charge in [-0.05, 0) is 62.3 Å².